The molecule has 26 heavy (non-hydrogen) atoms. The van der Waals surface area contributed by atoms with E-state index in [2.05, 4.69) is 15.0 Å². The lowest BCUT2D eigenvalue weighted by atomic mass is 10.1. The van der Waals surface area contributed by atoms with Crippen molar-refractivity contribution in [1.29, 1.82) is 0 Å². The second-order valence-corrected chi connectivity index (χ2v) is 7.41. The van der Waals surface area contributed by atoms with Crippen LogP contribution in [0.3, 0.4) is 0 Å². The summed E-state index contributed by atoms with van der Waals surface area (Å²) < 4.78 is 5.53. The first kappa shape index (κ1) is 15.7. The van der Waals surface area contributed by atoms with Crippen LogP contribution in [-0.4, -0.2) is 26.6 Å². The second kappa shape index (κ2) is 6.65. The number of fused-ring (bicyclic) bond motifs is 1. The Bertz CT molecular complexity index is 901. The van der Waals surface area contributed by atoms with Crippen molar-refractivity contribution in [3.8, 4) is 11.3 Å². The summed E-state index contributed by atoms with van der Waals surface area (Å²) in [6.07, 6.45) is 6.76. The van der Waals surface area contributed by atoms with Gasteiger partial charge in [0.15, 0.2) is 5.76 Å². The number of hydrogen-bond acceptors (Lipinski definition) is 5. The third-order valence-corrected chi connectivity index (χ3v) is 5.25. The van der Waals surface area contributed by atoms with Crippen molar-refractivity contribution in [3.63, 3.8) is 0 Å². The van der Waals surface area contributed by atoms with Crippen molar-refractivity contribution in [1.82, 2.24) is 20.0 Å². The van der Waals surface area contributed by atoms with Crippen molar-refractivity contribution in [2.24, 2.45) is 5.92 Å². The first-order valence-corrected chi connectivity index (χ1v) is 9.40. The second-order valence-electron chi connectivity index (χ2n) is 7.41. The Labute approximate surface area is 153 Å². The van der Waals surface area contributed by atoms with Gasteiger partial charge in [0, 0.05) is 43.9 Å². The predicted octanol–water partition coefficient (Wildman–Crippen LogP) is 3.64. The van der Waals surface area contributed by atoms with E-state index in [1.54, 1.807) is 0 Å². The average Bonchev–Trinajstić information content (AvgIpc) is 3.37. The van der Waals surface area contributed by atoms with E-state index in [1.807, 2.05) is 42.6 Å². The van der Waals surface area contributed by atoms with Crippen LogP contribution in [0.2, 0.25) is 0 Å². The smallest absolute Gasteiger partial charge is 0.167 e. The quantitative estimate of drug-likeness (QED) is 0.706. The maximum atomic E-state index is 5.53. The molecule has 0 N–H and O–H groups in total. The predicted molar refractivity (Wildman–Crippen MR) is 98.2 cm³/mol. The van der Waals surface area contributed by atoms with Gasteiger partial charge >= 0.3 is 0 Å². The Kier molecular flexibility index (Phi) is 4.02. The third kappa shape index (κ3) is 3.40. The van der Waals surface area contributed by atoms with Gasteiger partial charge in [-0.05, 0) is 30.7 Å². The van der Waals surface area contributed by atoms with E-state index >= 15 is 0 Å². The summed E-state index contributed by atoms with van der Waals surface area (Å²) in [7, 11) is 0. The zero-order valence-electron chi connectivity index (χ0n) is 14.8. The van der Waals surface area contributed by atoms with Gasteiger partial charge in [-0.25, -0.2) is 9.97 Å². The Morgan fingerprint density at radius 1 is 1.15 bits per heavy atom. The highest BCUT2D eigenvalue weighted by atomic mass is 16.5. The van der Waals surface area contributed by atoms with Crippen molar-refractivity contribution in [2.45, 2.75) is 38.8 Å². The molecule has 1 aliphatic heterocycles. The highest BCUT2D eigenvalue weighted by Crippen LogP contribution is 2.32. The Balaban J connectivity index is 1.28. The molecule has 0 bridgehead atoms. The van der Waals surface area contributed by atoms with Crippen LogP contribution in [0.15, 0.2) is 47.1 Å². The molecule has 5 rings (SSSR count). The van der Waals surface area contributed by atoms with Crippen molar-refractivity contribution in [2.75, 3.05) is 6.54 Å². The summed E-state index contributed by atoms with van der Waals surface area (Å²) in [5.74, 6) is 2.66. The van der Waals surface area contributed by atoms with Crippen LogP contribution in [0.1, 0.15) is 35.6 Å². The Hall–Kier alpha value is -2.53. The molecule has 5 heteroatoms. The molecule has 2 aliphatic rings. The summed E-state index contributed by atoms with van der Waals surface area (Å²) in [5, 5.41) is 4.26. The maximum absolute atomic E-state index is 5.53. The highest BCUT2D eigenvalue weighted by Gasteiger charge is 2.24. The van der Waals surface area contributed by atoms with E-state index in [9.17, 15) is 0 Å². The van der Waals surface area contributed by atoms with Gasteiger partial charge in [0.1, 0.15) is 5.82 Å². The fourth-order valence-electron chi connectivity index (χ4n) is 3.57. The fraction of sp³-hybridized carbons (Fsp3) is 0.381. The molecule has 0 radical (unpaired) electrons. The van der Waals surface area contributed by atoms with Crippen LogP contribution in [-0.2, 0) is 25.9 Å². The van der Waals surface area contributed by atoms with E-state index in [0.29, 0.717) is 0 Å². The van der Waals surface area contributed by atoms with Crippen molar-refractivity contribution < 1.29 is 4.52 Å². The molecule has 1 fully saturated rings. The van der Waals surface area contributed by atoms with Gasteiger partial charge in [0.25, 0.3) is 0 Å². The molecule has 5 nitrogen and oxygen atoms in total. The third-order valence-electron chi connectivity index (χ3n) is 5.25. The summed E-state index contributed by atoms with van der Waals surface area (Å²) in [6.45, 7) is 2.66. The van der Waals surface area contributed by atoms with Crippen molar-refractivity contribution >= 4 is 0 Å². The largest absolute Gasteiger partial charge is 0.356 e. The molecule has 2 aromatic heterocycles. The monoisotopic (exact) mass is 346 g/mol. The minimum Gasteiger partial charge on any atom is -0.356 e. The molecular weight excluding hydrogens is 324 g/mol. The molecule has 0 atom stereocenters. The molecule has 3 aromatic rings. The average molecular weight is 346 g/mol. The summed E-state index contributed by atoms with van der Waals surface area (Å²) in [5.41, 5.74) is 4.52. The SMILES string of the molecule is c1ccc(-c2cc(CN3CCc4cnc(CC5CC5)nc4C3)no2)cc1. The number of aromatic nitrogens is 3. The van der Waals surface area contributed by atoms with Crippen molar-refractivity contribution in [3.05, 3.63) is 65.4 Å². The molecule has 0 saturated heterocycles. The topological polar surface area (TPSA) is 55.1 Å². The van der Waals surface area contributed by atoms with Crippen LogP contribution in [0.25, 0.3) is 11.3 Å². The maximum Gasteiger partial charge on any atom is 0.167 e. The first-order chi connectivity index (χ1) is 12.8. The van der Waals surface area contributed by atoms with Crippen LogP contribution in [0, 0.1) is 5.92 Å². The van der Waals surface area contributed by atoms with Crippen LogP contribution in [0.5, 0.6) is 0 Å². The van der Waals surface area contributed by atoms with E-state index in [-0.39, 0.29) is 0 Å². The minimum absolute atomic E-state index is 0.789. The Morgan fingerprint density at radius 2 is 2.04 bits per heavy atom. The van der Waals surface area contributed by atoms with Gasteiger partial charge in [0.05, 0.1) is 11.4 Å². The first-order valence-electron chi connectivity index (χ1n) is 9.40. The number of rotatable bonds is 5. The van der Waals surface area contributed by atoms with E-state index in [1.165, 1.54) is 24.1 Å². The molecule has 1 aliphatic carbocycles. The van der Waals surface area contributed by atoms with Gasteiger partial charge in [-0.1, -0.05) is 35.5 Å². The lowest BCUT2D eigenvalue weighted by Crippen LogP contribution is -2.31. The molecule has 0 spiro atoms. The van der Waals surface area contributed by atoms with E-state index < -0.39 is 0 Å². The zero-order valence-corrected chi connectivity index (χ0v) is 14.8. The van der Waals surface area contributed by atoms with Gasteiger partial charge in [-0.15, -0.1) is 0 Å². The Morgan fingerprint density at radius 3 is 2.88 bits per heavy atom. The van der Waals surface area contributed by atoms with Gasteiger partial charge < -0.3 is 4.52 Å². The molecule has 1 saturated carbocycles. The normalized spacial score (nSPS) is 17.2. The van der Waals surface area contributed by atoms with E-state index in [0.717, 1.165) is 61.2 Å². The number of nitrogens with zero attached hydrogens (tertiary/aromatic N) is 4. The standard InChI is InChI=1S/C21H22N4O/c1-2-4-16(5-3-1)20-11-18(24-26-20)13-25-9-8-17-12-22-21(10-15-6-7-15)23-19(17)14-25/h1-5,11-12,15H,6-10,13-14H2. The molecule has 0 unspecified atom stereocenters. The zero-order chi connectivity index (χ0) is 17.3. The van der Waals surface area contributed by atoms with Crippen LogP contribution < -0.4 is 0 Å². The van der Waals surface area contributed by atoms with Crippen LogP contribution in [0.4, 0.5) is 0 Å². The molecular formula is C21H22N4O. The number of hydrogen-bond donors (Lipinski definition) is 0. The molecule has 132 valence electrons. The van der Waals surface area contributed by atoms with Gasteiger partial charge in [-0.3, -0.25) is 4.90 Å². The number of benzene rings is 1. The lowest BCUT2D eigenvalue weighted by molar-refractivity contribution is 0.233. The highest BCUT2D eigenvalue weighted by molar-refractivity contribution is 5.56. The summed E-state index contributed by atoms with van der Waals surface area (Å²) in [6, 6.07) is 12.2. The van der Waals surface area contributed by atoms with Gasteiger partial charge in [0.2, 0.25) is 0 Å². The molecule has 0 amide bonds. The lowest BCUT2D eigenvalue weighted by Gasteiger charge is -2.27. The fourth-order valence-corrected chi connectivity index (χ4v) is 3.57. The van der Waals surface area contributed by atoms with Crippen LogP contribution >= 0.6 is 0 Å². The summed E-state index contributed by atoms with van der Waals surface area (Å²) >= 11 is 0. The van der Waals surface area contributed by atoms with Gasteiger partial charge in [-0.2, -0.15) is 0 Å². The minimum atomic E-state index is 0.789. The molecule has 3 heterocycles. The molecule has 1 aromatic carbocycles. The summed E-state index contributed by atoms with van der Waals surface area (Å²) in [4.78, 5) is 11.8. The van der Waals surface area contributed by atoms with E-state index in [4.69, 9.17) is 9.51 Å².